The second-order valence-electron chi connectivity index (χ2n) is 3.58. The molecule has 0 unspecified atom stereocenters. The van der Waals surface area contributed by atoms with Crippen LogP contribution < -0.4 is 3.61 Å². The van der Waals surface area contributed by atoms with Gasteiger partial charge in [0.15, 0.2) is 0 Å². The molecule has 1 nitrogen and oxygen atoms in total. The van der Waals surface area contributed by atoms with Crippen molar-refractivity contribution < 1.29 is 4.79 Å². The third kappa shape index (κ3) is 3.69. The average Bonchev–Trinajstić information content (AvgIpc) is 2.38. The molecule has 0 atom stereocenters. The number of hydrogen-bond acceptors (Lipinski definition) is 1. The summed E-state index contributed by atoms with van der Waals surface area (Å²) in [5.41, 5.74) is 2.01. The molecule has 0 amide bonds. The van der Waals surface area contributed by atoms with E-state index in [4.69, 9.17) is 0 Å². The van der Waals surface area contributed by atoms with Gasteiger partial charge < -0.3 is 0 Å². The van der Waals surface area contributed by atoms with Crippen LogP contribution >= 0.6 is 0 Å². The third-order valence-corrected chi connectivity index (χ3v) is 10.8. The van der Waals surface area contributed by atoms with E-state index in [9.17, 15) is 4.79 Å². The third-order valence-electron chi connectivity index (χ3n) is 2.32. The summed E-state index contributed by atoms with van der Waals surface area (Å²) in [7, 11) is 0. The maximum absolute atomic E-state index is 12.1. The molecule has 86 valence electrons. The van der Waals surface area contributed by atoms with E-state index in [0.717, 1.165) is 11.1 Å². The summed E-state index contributed by atoms with van der Waals surface area (Å²) in [6.45, 7) is 2.01. The van der Waals surface area contributed by atoms with Gasteiger partial charge in [-0.05, 0) is 0 Å². The summed E-state index contributed by atoms with van der Waals surface area (Å²) in [4.78, 5) is 12.1. The van der Waals surface area contributed by atoms with Crippen LogP contribution in [0, 0.1) is 6.92 Å². The average molecular weight is 403 g/mol. The van der Waals surface area contributed by atoms with Crippen LogP contribution in [0.2, 0.25) is 0 Å². The molecule has 2 aromatic carbocycles. The molecule has 0 radical (unpaired) electrons. The van der Waals surface area contributed by atoms with Crippen molar-refractivity contribution >= 4 is 38.8 Å². The molecule has 2 aromatic rings. The van der Waals surface area contributed by atoms with E-state index in [1.165, 1.54) is 3.61 Å². The molecule has 2 rings (SSSR count). The van der Waals surface area contributed by atoms with Crippen molar-refractivity contribution in [2.75, 3.05) is 0 Å². The Morgan fingerprint density at radius 1 is 1.00 bits per heavy atom. The summed E-state index contributed by atoms with van der Waals surface area (Å²) in [5.74, 6) is 0. The quantitative estimate of drug-likeness (QED) is 0.713. The first-order chi connectivity index (χ1) is 8.27. The number of carbonyl (C=O) groups excluding carboxylic acids is 1. The van der Waals surface area contributed by atoms with Crippen molar-refractivity contribution in [1.29, 1.82) is 0 Å². The zero-order valence-electron chi connectivity index (χ0n) is 9.42. The van der Waals surface area contributed by atoms with Gasteiger partial charge in [-0.25, -0.2) is 0 Å². The fourth-order valence-electron chi connectivity index (χ4n) is 1.41. The summed E-state index contributed by atoms with van der Waals surface area (Å²) >= 11 is -0.200. The molecule has 0 bridgehead atoms. The van der Waals surface area contributed by atoms with Gasteiger partial charge in [0, 0.05) is 0 Å². The van der Waals surface area contributed by atoms with E-state index in [1.54, 1.807) is 0 Å². The number of hydrogen-bond donors (Lipinski definition) is 0. The minimum absolute atomic E-state index is 0.124. The van der Waals surface area contributed by atoms with Crippen LogP contribution in [0.4, 0.5) is 0 Å². The second kappa shape index (κ2) is 6.38. The van der Waals surface area contributed by atoms with Crippen LogP contribution in [0.5, 0.6) is 0 Å². The summed E-state index contributed by atoms with van der Waals surface area (Å²) < 4.78 is 1.72. The molecule has 0 saturated heterocycles. The van der Waals surface area contributed by atoms with Gasteiger partial charge in [0.1, 0.15) is 0 Å². The van der Waals surface area contributed by atoms with Crippen molar-refractivity contribution in [2.24, 2.45) is 0 Å². The van der Waals surface area contributed by atoms with Gasteiger partial charge in [0.05, 0.1) is 0 Å². The van der Waals surface area contributed by atoms with Gasteiger partial charge in [0.25, 0.3) is 0 Å². The molecule has 17 heavy (non-hydrogen) atoms. The van der Waals surface area contributed by atoms with Crippen molar-refractivity contribution in [1.82, 2.24) is 0 Å². The number of aryl methyl sites for hydroxylation is 1. The normalized spacial score (nSPS) is 10.2. The second-order valence-corrected chi connectivity index (χ2v) is 11.3. The summed E-state index contributed by atoms with van der Waals surface area (Å²) in [5, 5.41) is 0. The SMILES string of the molecule is Cc1ccccc1C(=O)[Se][Te]c1ccccc1. The predicted molar refractivity (Wildman–Crippen MR) is 73.1 cm³/mol. The van der Waals surface area contributed by atoms with E-state index in [0.29, 0.717) is 4.68 Å². The Balaban J connectivity index is 2.01. The predicted octanol–water partition coefficient (Wildman–Crippen LogP) is 1.78. The summed E-state index contributed by atoms with van der Waals surface area (Å²) in [6, 6.07) is 18.3. The van der Waals surface area contributed by atoms with Crippen LogP contribution in [-0.2, 0) is 0 Å². The molecular formula is C14H12OSeTe. The Labute approximate surface area is 116 Å². The van der Waals surface area contributed by atoms with Crippen LogP contribution in [-0.4, -0.2) is 35.1 Å². The molecule has 0 N–H and O–H groups in total. The standard InChI is InChI=1S/C14H12OSeTe/c1-11-7-5-6-10-13(11)14(15)16-17-12-8-3-2-4-9-12/h2-10H,1H3. The molecule has 0 spiro atoms. The van der Waals surface area contributed by atoms with Gasteiger partial charge in [-0.3, -0.25) is 0 Å². The van der Waals surface area contributed by atoms with Crippen molar-refractivity contribution in [2.45, 2.75) is 6.92 Å². The van der Waals surface area contributed by atoms with Gasteiger partial charge in [-0.1, -0.05) is 0 Å². The number of rotatable bonds is 4. The van der Waals surface area contributed by atoms with Gasteiger partial charge in [0.2, 0.25) is 0 Å². The zero-order chi connectivity index (χ0) is 12.1. The number of carbonyl (C=O) groups is 1. The van der Waals surface area contributed by atoms with Crippen molar-refractivity contribution in [3.63, 3.8) is 0 Å². The Hall–Kier alpha value is -0.581. The fraction of sp³-hybridized carbons (Fsp3) is 0.0714. The van der Waals surface area contributed by atoms with E-state index in [2.05, 4.69) is 24.3 Å². The molecule has 0 aliphatic carbocycles. The maximum atomic E-state index is 12.1. The van der Waals surface area contributed by atoms with E-state index < -0.39 is 0 Å². The molecule has 3 heteroatoms. The van der Waals surface area contributed by atoms with Gasteiger partial charge in [-0.2, -0.15) is 0 Å². The molecular weight excluding hydrogens is 391 g/mol. The Morgan fingerprint density at radius 3 is 2.35 bits per heavy atom. The van der Waals surface area contributed by atoms with Gasteiger partial charge >= 0.3 is 116 Å². The zero-order valence-corrected chi connectivity index (χ0v) is 13.5. The monoisotopic (exact) mass is 406 g/mol. The molecule has 0 aliphatic rings. The Morgan fingerprint density at radius 2 is 1.65 bits per heavy atom. The Kier molecular flexibility index (Phi) is 4.83. The fourth-order valence-corrected chi connectivity index (χ4v) is 8.65. The molecule has 0 fully saturated rings. The molecule has 0 saturated carbocycles. The van der Waals surface area contributed by atoms with E-state index in [-0.39, 0.29) is 30.5 Å². The van der Waals surface area contributed by atoms with Crippen LogP contribution in [0.1, 0.15) is 15.9 Å². The Bertz CT molecular complexity index is 511. The van der Waals surface area contributed by atoms with Crippen LogP contribution in [0.3, 0.4) is 0 Å². The first-order valence-corrected chi connectivity index (χ1v) is 12.9. The van der Waals surface area contributed by atoms with Crippen molar-refractivity contribution in [3.8, 4) is 0 Å². The number of benzene rings is 2. The van der Waals surface area contributed by atoms with Crippen LogP contribution in [0.25, 0.3) is 0 Å². The topological polar surface area (TPSA) is 17.1 Å². The molecule has 0 aliphatic heterocycles. The summed E-state index contributed by atoms with van der Waals surface area (Å²) in [6.07, 6.45) is 0. The first-order valence-electron chi connectivity index (χ1n) is 5.27. The van der Waals surface area contributed by atoms with E-state index >= 15 is 0 Å². The minimum atomic E-state index is -0.324. The molecule has 0 heterocycles. The van der Waals surface area contributed by atoms with Gasteiger partial charge in [-0.15, -0.1) is 0 Å². The van der Waals surface area contributed by atoms with Crippen LogP contribution in [0.15, 0.2) is 54.6 Å². The van der Waals surface area contributed by atoms with E-state index in [1.807, 2.05) is 37.3 Å². The first kappa shape index (κ1) is 12.9. The van der Waals surface area contributed by atoms with Crippen molar-refractivity contribution in [3.05, 3.63) is 65.7 Å². The molecule has 0 aromatic heterocycles.